The lowest BCUT2D eigenvalue weighted by molar-refractivity contribution is -0.137. The highest BCUT2D eigenvalue weighted by molar-refractivity contribution is 5.77. The summed E-state index contributed by atoms with van der Waals surface area (Å²) in [6.07, 6.45) is 0.904. The summed E-state index contributed by atoms with van der Waals surface area (Å²) in [5, 5.41) is 12.0. The molecule has 0 saturated heterocycles. The molecule has 0 atom stereocenters. The summed E-state index contributed by atoms with van der Waals surface area (Å²) in [5.41, 5.74) is 3.37. The van der Waals surface area contributed by atoms with Crippen LogP contribution >= 0.6 is 0 Å². The van der Waals surface area contributed by atoms with Crippen molar-refractivity contribution in [2.75, 3.05) is 13.2 Å². The van der Waals surface area contributed by atoms with Crippen LogP contribution in [-0.4, -0.2) is 35.2 Å². The summed E-state index contributed by atoms with van der Waals surface area (Å²) in [4.78, 5) is 28.1. The minimum atomic E-state index is -0.880. The first-order valence-electron chi connectivity index (χ1n) is 12.4. The minimum absolute atomic E-state index is 0.00650. The van der Waals surface area contributed by atoms with Crippen LogP contribution in [0.1, 0.15) is 29.0 Å². The van der Waals surface area contributed by atoms with E-state index in [1.54, 1.807) is 12.1 Å². The van der Waals surface area contributed by atoms with E-state index in [1.807, 2.05) is 73.7 Å². The number of amides is 1. The lowest BCUT2D eigenvalue weighted by Gasteiger charge is -2.14. The van der Waals surface area contributed by atoms with Gasteiger partial charge in [-0.2, -0.15) is 0 Å². The van der Waals surface area contributed by atoms with Gasteiger partial charge in [0.05, 0.1) is 12.3 Å². The fourth-order valence-corrected chi connectivity index (χ4v) is 3.88. The average Bonchev–Trinajstić information content (AvgIpc) is 3.31. The first kappa shape index (κ1) is 26.5. The van der Waals surface area contributed by atoms with E-state index in [0.717, 1.165) is 28.1 Å². The first-order valence-corrected chi connectivity index (χ1v) is 12.4. The van der Waals surface area contributed by atoms with E-state index >= 15 is 0 Å². The Balaban J connectivity index is 1.35. The molecule has 0 radical (unpaired) electrons. The predicted octanol–water partition coefficient (Wildman–Crippen LogP) is 4.98. The van der Waals surface area contributed by atoms with Crippen LogP contribution in [0.5, 0.6) is 11.5 Å². The van der Waals surface area contributed by atoms with Crippen molar-refractivity contribution in [1.82, 2.24) is 10.3 Å². The van der Waals surface area contributed by atoms with Crippen molar-refractivity contribution >= 4 is 11.9 Å². The van der Waals surface area contributed by atoms with Gasteiger partial charge in [0.15, 0.2) is 6.61 Å². The molecule has 8 heteroatoms. The van der Waals surface area contributed by atoms with E-state index in [4.69, 9.17) is 19.0 Å². The van der Waals surface area contributed by atoms with Crippen molar-refractivity contribution in [3.63, 3.8) is 0 Å². The molecule has 3 aromatic carbocycles. The molecule has 196 valence electrons. The van der Waals surface area contributed by atoms with Crippen LogP contribution < -0.4 is 14.8 Å². The van der Waals surface area contributed by atoms with E-state index in [2.05, 4.69) is 10.3 Å². The molecule has 2 N–H and O–H groups in total. The molecule has 0 aliphatic rings. The minimum Gasteiger partial charge on any atom is -0.493 e. The Morgan fingerprint density at radius 3 is 2.37 bits per heavy atom. The van der Waals surface area contributed by atoms with Gasteiger partial charge in [-0.15, -0.1) is 0 Å². The second kappa shape index (κ2) is 13.1. The number of carboxylic acids is 1. The molecule has 8 nitrogen and oxygen atoms in total. The molecule has 0 bridgehead atoms. The lowest BCUT2D eigenvalue weighted by Crippen LogP contribution is -2.28. The van der Waals surface area contributed by atoms with Gasteiger partial charge in [-0.1, -0.05) is 42.5 Å². The molecule has 0 spiro atoms. The molecule has 0 saturated carbocycles. The summed E-state index contributed by atoms with van der Waals surface area (Å²) in [5.74, 6) is 1.40. The molecular weight excluding hydrogens is 484 g/mol. The Hall–Kier alpha value is -4.59. The van der Waals surface area contributed by atoms with Crippen LogP contribution in [0.2, 0.25) is 0 Å². The van der Waals surface area contributed by atoms with Crippen molar-refractivity contribution in [2.45, 2.75) is 32.7 Å². The van der Waals surface area contributed by atoms with Crippen LogP contribution in [0.4, 0.5) is 0 Å². The average molecular weight is 515 g/mol. The largest absolute Gasteiger partial charge is 0.493 e. The van der Waals surface area contributed by atoms with Crippen LogP contribution in [-0.2, 0) is 29.0 Å². The fraction of sp³-hybridized carbons (Fsp3) is 0.233. The Kier molecular flexibility index (Phi) is 9.12. The predicted molar refractivity (Wildman–Crippen MR) is 142 cm³/mol. The van der Waals surface area contributed by atoms with Crippen LogP contribution in [0.15, 0.2) is 83.3 Å². The van der Waals surface area contributed by atoms with Crippen molar-refractivity contribution in [3.8, 4) is 23.0 Å². The summed E-state index contributed by atoms with van der Waals surface area (Å²) < 4.78 is 17.3. The highest BCUT2D eigenvalue weighted by atomic mass is 16.5. The van der Waals surface area contributed by atoms with Gasteiger partial charge in [0, 0.05) is 24.9 Å². The summed E-state index contributed by atoms with van der Waals surface area (Å²) in [7, 11) is 0. The Bertz CT molecular complexity index is 1350. The SMILES string of the molecule is Cc1oc(-c2ccccc2)nc1CCOc1ccc(CCC(=O)O)c(CNC(=O)COc2ccccc2)c1. The zero-order valence-corrected chi connectivity index (χ0v) is 21.2. The van der Waals surface area contributed by atoms with E-state index < -0.39 is 5.97 Å². The van der Waals surface area contributed by atoms with Gasteiger partial charge in [0.25, 0.3) is 5.91 Å². The molecule has 1 amide bonds. The third-order valence-electron chi connectivity index (χ3n) is 5.90. The number of hydrogen-bond acceptors (Lipinski definition) is 6. The summed E-state index contributed by atoms with van der Waals surface area (Å²) >= 11 is 0. The van der Waals surface area contributed by atoms with E-state index in [-0.39, 0.29) is 25.5 Å². The van der Waals surface area contributed by atoms with Gasteiger partial charge in [-0.3, -0.25) is 9.59 Å². The molecule has 4 aromatic rings. The van der Waals surface area contributed by atoms with Gasteiger partial charge in [0.2, 0.25) is 5.89 Å². The van der Waals surface area contributed by atoms with Crippen LogP contribution in [0.25, 0.3) is 11.5 Å². The molecule has 4 rings (SSSR count). The number of benzene rings is 3. The standard InChI is InChI=1S/C30H30N2O6/c1-21-27(32-30(38-21)23-8-4-2-5-9-23)16-17-36-26-14-12-22(13-15-29(34)35)24(18-26)19-31-28(33)20-37-25-10-6-3-7-11-25/h2-12,14,18H,13,15-17,19-20H2,1H3,(H,31,33)(H,34,35). The molecule has 38 heavy (non-hydrogen) atoms. The number of aromatic nitrogens is 1. The Labute approximate surface area is 221 Å². The maximum Gasteiger partial charge on any atom is 0.303 e. The maximum absolute atomic E-state index is 12.3. The molecular formula is C30H30N2O6. The molecule has 0 aliphatic heterocycles. The number of ether oxygens (including phenoxy) is 2. The van der Waals surface area contributed by atoms with Crippen LogP contribution in [0, 0.1) is 6.92 Å². The number of nitrogens with zero attached hydrogens (tertiary/aromatic N) is 1. The van der Waals surface area contributed by atoms with Crippen molar-refractivity contribution in [3.05, 3.63) is 101 Å². The summed E-state index contributed by atoms with van der Waals surface area (Å²) in [6, 6.07) is 24.3. The molecule has 1 aromatic heterocycles. The number of para-hydroxylation sites is 1. The van der Waals surface area contributed by atoms with Crippen molar-refractivity contribution in [1.29, 1.82) is 0 Å². The smallest absolute Gasteiger partial charge is 0.303 e. The third-order valence-corrected chi connectivity index (χ3v) is 5.90. The zero-order valence-electron chi connectivity index (χ0n) is 21.2. The van der Waals surface area contributed by atoms with Crippen LogP contribution in [0.3, 0.4) is 0 Å². The maximum atomic E-state index is 12.3. The number of oxazole rings is 1. The normalized spacial score (nSPS) is 10.7. The van der Waals surface area contributed by atoms with Gasteiger partial charge in [-0.25, -0.2) is 4.98 Å². The topological polar surface area (TPSA) is 111 Å². The van der Waals surface area contributed by atoms with Crippen molar-refractivity contribution < 1.29 is 28.6 Å². The molecule has 0 aliphatic carbocycles. The van der Waals surface area contributed by atoms with Gasteiger partial charge < -0.3 is 24.3 Å². The highest BCUT2D eigenvalue weighted by Crippen LogP contribution is 2.23. The molecule has 0 unspecified atom stereocenters. The molecule has 1 heterocycles. The number of hydrogen-bond donors (Lipinski definition) is 2. The summed E-state index contributed by atoms with van der Waals surface area (Å²) in [6.45, 7) is 2.37. The first-order chi connectivity index (χ1) is 18.5. The van der Waals surface area contributed by atoms with Gasteiger partial charge >= 0.3 is 5.97 Å². The number of aryl methyl sites for hydroxylation is 2. The monoisotopic (exact) mass is 514 g/mol. The van der Waals surface area contributed by atoms with E-state index in [1.165, 1.54) is 0 Å². The Morgan fingerprint density at radius 2 is 1.63 bits per heavy atom. The second-order valence-corrected chi connectivity index (χ2v) is 8.69. The van der Waals surface area contributed by atoms with E-state index in [9.17, 15) is 9.59 Å². The number of rotatable bonds is 13. The number of carbonyl (C=O) groups excluding carboxylic acids is 1. The van der Waals surface area contributed by atoms with E-state index in [0.29, 0.717) is 36.8 Å². The lowest BCUT2D eigenvalue weighted by atomic mass is 10.0. The number of carbonyl (C=O) groups is 2. The fourth-order valence-electron chi connectivity index (χ4n) is 3.88. The Morgan fingerprint density at radius 1 is 0.895 bits per heavy atom. The third kappa shape index (κ3) is 7.70. The number of aliphatic carboxylic acids is 1. The highest BCUT2D eigenvalue weighted by Gasteiger charge is 2.13. The molecule has 0 fully saturated rings. The quantitative estimate of drug-likeness (QED) is 0.259. The number of nitrogens with one attached hydrogen (secondary N) is 1. The zero-order chi connectivity index (χ0) is 26.7. The van der Waals surface area contributed by atoms with Gasteiger partial charge in [0.1, 0.15) is 17.3 Å². The van der Waals surface area contributed by atoms with Crippen molar-refractivity contribution in [2.24, 2.45) is 0 Å². The number of carboxylic acid groups (broad SMARTS) is 1. The van der Waals surface area contributed by atoms with Gasteiger partial charge in [-0.05, 0) is 60.9 Å². The second-order valence-electron chi connectivity index (χ2n) is 8.69.